The van der Waals surface area contributed by atoms with Gasteiger partial charge in [0.25, 0.3) is 0 Å². The van der Waals surface area contributed by atoms with Gasteiger partial charge < -0.3 is 10.2 Å². The van der Waals surface area contributed by atoms with Crippen LogP contribution in [0.2, 0.25) is 0 Å². The van der Waals surface area contributed by atoms with Gasteiger partial charge in [0.05, 0.1) is 0 Å². The van der Waals surface area contributed by atoms with Crippen LogP contribution >= 0.6 is 11.8 Å². The van der Waals surface area contributed by atoms with Gasteiger partial charge in [-0.3, -0.25) is 4.79 Å². The zero-order valence-corrected chi connectivity index (χ0v) is 14.6. The van der Waals surface area contributed by atoms with E-state index in [2.05, 4.69) is 47.5 Å². The molecule has 0 aliphatic carbocycles. The van der Waals surface area contributed by atoms with Crippen molar-refractivity contribution < 1.29 is 4.79 Å². The Morgan fingerprint density at radius 1 is 1.32 bits per heavy atom. The number of hydrogen-bond acceptors (Lipinski definition) is 3. The molecular weight excluding hydrogens is 292 g/mol. The predicted molar refractivity (Wildman–Crippen MR) is 94.2 cm³/mol. The van der Waals surface area contributed by atoms with Crippen molar-refractivity contribution in [1.82, 2.24) is 10.2 Å². The van der Waals surface area contributed by atoms with Crippen LogP contribution in [0.15, 0.2) is 35.2 Å². The van der Waals surface area contributed by atoms with Gasteiger partial charge in [-0.25, -0.2) is 0 Å². The van der Waals surface area contributed by atoms with Crippen molar-refractivity contribution in [2.45, 2.75) is 43.5 Å². The van der Waals surface area contributed by atoms with Gasteiger partial charge in [-0.1, -0.05) is 18.2 Å². The van der Waals surface area contributed by atoms with Gasteiger partial charge in [0.1, 0.15) is 0 Å². The van der Waals surface area contributed by atoms with Gasteiger partial charge in [0.15, 0.2) is 0 Å². The Morgan fingerprint density at radius 3 is 2.64 bits per heavy atom. The largest absolute Gasteiger partial charge is 0.359 e. The van der Waals surface area contributed by atoms with Crippen molar-refractivity contribution in [2.75, 3.05) is 25.9 Å². The molecule has 1 atom stereocenters. The van der Waals surface area contributed by atoms with Crippen LogP contribution < -0.4 is 5.32 Å². The Bertz CT molecular complexity index is 444. The van der Waals surface area contributed by atoms with Gasteiger partial charge in [-0.2, -0.15) is 0 Å². The van der Waals surface area contributed by atoms with Gasteiger partial charge in [-0.05, 0) is 63.1 Å². The topological polar surface area (TPSA) is 32.3 Å². The highest BCUT2D eigenvalue weighted by atomic mass is 32.2. The van der Waals surface area contributed by atoms with Crippen LogP contribution in [0.25, 0.3) is 0 Å². The molecule has 1 aliphatic rings. The lowest BCUT2D eigenvalue weighted by Gasteiger charge is -2.36. The molecule has 2 rings (SSSR count). The molecule has 0 aromatic heterocycles. The number of carbonyl (C=O) groups excluding carboxylic acids is 1. The first-order valence-electron chi connectivity index (χ1n) is 8.31. The van der Waals surface area contributed by atoms with E-state index in [0.717, 1.165) is 25.9 Å². The Balaban J connectivity index is 1.64. The number of hydrogen-bond donors (Lipinski definition) is 1. The number of amides is 1. The Hall–Kier alpha value is -1.00. The maximum atomic E-state index is 11.4. The molecule has 3 nitrogen and oxygen atoms in total. The number of benzene rings is 1. The van der Waals surface area contributed by atoms with E-state index in [1.165, 1.54) is 17.1 Å². The number of nitrogens with one attached hydrogen (secondary N) is 1. The number of rotatable bonds is 7. The first-order valence-corrected chi connectivity index (χ1v) is 9.30. The first-order chi connectivity index (χ1) is 10.7. The van der Waals surface area contributed by atoms with E-state index in [9.17, 15) is 4.79 Å². The van der Waals surface area contributed by atoms with E-state index >= 15 is 0 Å². The highest BCUT2D eigenvalue weighted by Crippen LogP contribution is 2.24. The molecule has 0 radical (unpaired) electrons. The van der Waals surface area contributed by atoms with E-state index in [0.29, 0.717) is 18.4 Å². The summed E-state index contributed by atoms with van der Waals surface area (Å²) in [5.74, 6) is 1.93. The number of nitrogens with zero attached hydrogens (tertiary/aromatic N) is 1. The lowest BCUT2D eigenvalue weighted by atomic mass is 9.92. The van der Waals surface area contributed by atoms with E-state index in [1.807, 2.05) is 11.8 Å². The van der Waals surface area contributed by atoms with E-state index in [1.54, 1.807) is 7.05 Å². The summed E-state index contributed by atoms with van der Waals surface area (Å²) in [4.78, 5) is 15.4. The van der Waals surface area contributed by atoms with Gasteiger partial charge in [-0.15, -0.1) is 11.8 Å². The third kappa shape index (κ3) is 5.65. The van der Waals surface area contributed by atoms with Crippen molar-refractivity contribution >= 4 is 17.7 Å². The summed E-state index contributed by atoms with van der Waals surface area (Å²) >= 11 is 1.95. The minimum Gasteiger partial charge on any atom is -0.359 e. The summed E-state index contributed by atoms with van der Waals surface area (Å²) < 4.78 is 0. The van der Waals surface area contributed by atoms with Gasteiger partial charge in [0, 0.05) is 24.4 Å². The molecular formula is C18H28N2OS. The molecule has 1 aliphatic heterocycles. The van der Waals surface area contributed by atoms with Crippen molar-refractivity contribution in [3.8, 4) is 0 Å². The Morgan fingerprint density at radius 2 is 2.00 bits per heavy atom. The Labute approximate surface area is 138 Å². The monoisotopic (exact) mass is 320 g/mol. The summed E-state index contributed by atoms with van der Waals surface area (Å²) in [5.41, 5.74) is 0. The molecule has 0 bridgehead atoms. The maximum absolute atomic E-state index is 11.4. The Kier molecular flexibility index (Phi) is 7.26. The second-order valence-electron chi connectivity index (χ2n) is 6.16. The quantitative estimate of drug-likeness (QED) is 0.782. The van der Waals surface area contributed by atoms with Crippen LogP contribution in [-0.2, 0) is 4.79 Å². The number of likely N-dealkylation sites (tertiary alicyclic amines) is 1. The van der Waals surface area contributed by atoms with Crippen LogP contribution in [0.4, 0.5) is 0 Å². The molecule has 0 spiro atoms. The molecule has 1 saturated heterocycles. The standard InChI is InChI=1S/C18H28N2OS/c1-15(10-13-22-17-6-4-3-5-7-17)20-11-8-16(9-12-20)14-18(21)19-2/h3-7,15-16H,8-14H2,1-2H3,(H,19,21)/t15-/m0/s1. The van der Waals surface area contributed by atoms with Crippen molar-refractivity contribution in [2.24, 2.45) is 5.92 Å². The van der Waals surface area contributed by atoms with Gasteiger partial charge in [0.2, 0.25) is 5.91 Å². The number of piperidine rings is 1. The minimum atomic E-state index is 0.186. The summed E-state index contributed by atoms with van der Waals surface area (Å²) in [5, 5.41) is 2.73. The lowest BCUT2D eigenvalue weighted by Crippen LogP contribution is -2.41. The smallest absolute Gasteiger partial charge is 0.220 e. The average molecular weight is 321 g/mol. The van der Waals surface area contributed by atoms with E-state index in [4.69, 9.17) is 0 Å². The first kappa shape index (κ1) is 17.4. The molecule has 0 saturated carbocycles. The normalized spacial score (nSPS) is 18.1. The van der Waals surface area contributed by atoms with Crippen molar-refractivity contribution in [3.63, 3.8) is 0 Å². The van der Waals surface area contributed by atoms with E-state index in [-0.39, 0.29) is 5.91 Å². The number of carbonyl (C=O) groups is 1. The van der Waals surface area contributed by atoms with Gasteiger partial charge >= 0.3 is 0 Å². The fourth-order valence-corrected chi connectivity index (χ4v) is 4.05. The molecule has 1 fully saturated rings. The lowest BCUT2D eigenvalue weighted by molar-refractivity contribution is -0.121. The fourth-order valence-electron chi connectivity index (χ4n) is 3.01. The van der Waals surface area contributed by atoms with Crippen LogP contribution in [0.1, 0.15) is 32.6 Å². The van der Waals surface area contributed by atoms with Crippen molar-refractivity contribution in [3.05, 3.63) is 30.3 Å². The second kappa shape index (κ2) is 9.21. The average Bonchev–Trinajstić information content (AvgIpc) is 2.56. The molecule has 122 valence electrons. The van der Waals surface area contributed by atoms with Crippen LogP contribution in [0.3, 0.4) is 0 Å². The summed E-state index contributed by atoms with van der Waals surface area (Å²) in [6.45, 7) is 4.61. The van der Waals surface area contributed by atoms with Crippen LogP contribution in [-0.4, -0.2) is 42.7 Å². The maximum Gasteiger partial charge on any atom is 0.220 e. The second-order valence-corrected chi connectivity index (χ2v) is 7.32. The molecule has 0 unspecified atom stereocenters. The molecule has 1 aromatic carbocycles. The summed E-state index contributed by atoms with van der Waals surface area (Å²) in [6.07, 6.45) is 4.23. The summed E-state index contributed by atoms with van der Waals surface area (Å²) in [6, 6.07) is 11.3. The fraction of sp³-hybridized carbons (Fsp3) is 0.611. The third-order valence-electron chi connectivity index (χ3n) is 4.57. The zero-order chi connectivity index (χ0) is 15.8. The van der Waals surface area contributed by atoms with Crippen molar-refractivity contribution in [1.29, 1.82) is 0 Å². The molecule has 22 heavy (non-hydrogen) atoms. The molecule has 4 heteroatoms. The molecule has 1 aromatic rings. The minimum absolute atomic E-state index is 0.186. The number of thioether (sulfide) groups is 1. The van der Waals surface area contributed by atoms with Crippen LogP contribution in [0, 0.1) is 5.92 Å². The highest BCUT2D eigenvalue weighted by molar-refractivity contribution is 7.99. The van der Waals surface area contributed by atoms with Crippen LogP contribution in [0.5, 0.6) is 0 Å². The zero-order valence-electron chi connectivity index (χ0n) is 13.8. The molecule has 1 amide bonds. The van der Waals surface area contributed by atoms with E-state index < -0.39 is 0 Å². The predicted octanol–water partition coefficient (Wildman–Crippen LogP) is 3.41. The molecule has 1 N–H and O–H groups in total. The summed E-state index contributed by atoms with van der Waals surface area (Å²) in [7, 11) is 1.73. The SMILES string of the molecule is CNC(=O)CC1CCN([C@@H](C)CCSc2ccccc2)CC1. The third-order valence-corrected chi connectivity index (χ3v) is 5.62. The molecule has 1 heterocycles. The highest BCUT2D eigenvalue weighted by Gasteiger charge is 2.23.